The van der Waals surface area contributed by atoms with Crippen molar-refractivity contribution in [3.8, 4) is 0 Å². The highest BCUT2D eigenvalue weighted by molar-refractivity contribution is 6.31. The molecule has 116 valence electrons. The Morgan fingerprint density at radius 3 is 2.62 bits per heavy atom. The molecule has 0 radical (unpaired) electrons. The van der Waals surface area contributed by atoms with Gasteiger partial charge in [0.1, 0.15) is 0 Å². The van der Waals surface area contributed by atoms with Crippen LogP contribution in [0.3, 0.4) is 0 Å². The largest absolute Gasteiger partial charge is 0.481 e. The van der Waals surface area contributed by atoms with E-state index in [9.17, 15) is 23.1 Å². The molecule has 1 aliphatic rings. The molecular formula is C14H15ClF3NO2. The van der Waals surface area contributed by atoms with Gasteiger partial charge in [0.15, 0.2) is 0 Å². The van der Waals surface area contributed by atoms with Crippen molar-refractivity contribution in [2.45, 2.75) is 19.0 Å². The first kappa shape index (κ1) is 16.1. The molecule has 0 aliphatic carbocycles. The highest BCUT2D eigenvalue weighted by Gasteiger charge is 2.43. The lowest BCUT2D eigenvalue weighted by Gasteiger charge is -2.18. The fraction of sp³-hybridized carbons (Fsp3) is 0.500. The molecule has 0 aromatic heterocycles. The summed E-state index contributed by atoms with van der Waals surface area (Å²) in [4.78, 5) is 12.4. The normalized spacial score (nSPS) is 23.5. The van der Waals surface area contributed by atoms with E-state index in [1.807, 2.05) is 6.92 Å². The Hall–Kier alpha value is -1.27. The van der Waals surface area contributed by atoms with Gasteiger partial charge < -0.3 is 5.11 Å². The summed E-state index contributed by atoms with van der Waals surface area (Å²) in [6, 6.07) is 5.18. The SMILES string of the molecule is Cc1ccc([C@H]2CN(CC(F)(F)F)C[C@H]2C(=O)O)c(Cl)c1. The zero-order chi connectivity index (χ0) is 15.8. The lowest BCUT2D eigenvalue weighted by molar-refractivity contribution is -0.147. The van der Waals surface area contributed by atoms with Gasteiger partial charge in [0.2, 0.25) is 0 Å². The summed E-state index contributed by atoms with van der Waals surface area (Å²) in [5.41, 5.74) is 1.51. The lowest BCUT2D eigenvalue weighted by atomic mass is 9.88. The van der Waals surface area contributed by atoms with E-state index in [1.54, 1.807) is 18.2 Å². The number of nitrogens with zero attached hydrogens (tertiary/aromatic N) is 1. The van der Waals surface area contributed by atoms with Crippen molar-refractivity contribution in [3.63, 3.8) is 0 Å². The molecule has 1 N–H and O–H groups in total. The molecule has 0 unspecified atom stereocenters. The highest BCUT2D eigenvalue weighted by Crippen LogP contribution is 2.37. The van der Waals surface area contributed by atoms with Crippen LogP contribution in [0.5, 0.6) is 0 Å². The standard InChI is InChI=1S/C14H15ClF3NO2/c1-8-2-3-9(12(15)4-8)10-5-19(7-14(16,17)18)6-11(10)13(20)21/h2-4,10-11H,5-7H2,1H3,(H,20,21)/t10-,11-/m1/s1. The van der Waals surface area contributed by atoms with Gasteiger partial charge in [0.05, 0.1) is 12.5 Å². The number of halogens is 4. The minimum absolute atomic E-state index is 0.0409. The van der Waals surface area contributed by atoms with Crippen LogP contribution < -0.4 is 0 Å². The maximum absolute atomic E-state index is 12.5. The average molecular weight is 322 g/mol. The minimum Gasteiger partial charge on any atom is -0.481 e. The van der Waals surface area contributed by atoms with Gasteiger partial charge in [-0.2, -0.15) is 13.2 Å². The molecular weight excluding hydrogens is 307 g/mol. The zero-order valence-electron chi connectivity index (χ0n) is 11.3. The molecule has 21 heavy (non-hydrogen) atoms. The van der Waals surface area contributed by atoms with Crippen LogP contribution in [0.25, 0.3) is 0 Å². The van der Waals surface area contributed by atoms with E-state index in [0.717, 1.165) is 10.5 Å². The fourth-order valence-electron chi connectivity index (χ4n) is 2.77. The molecule has 1 aromatic carbocycles. The molecule has 2 rings (SSSR count). The van der Waals surface area contributed by atoms with Crippen LogP contribution in [0, 0.1) is 12.8 Å². The summed E-state index contributed by atoms with van der Waals surface area (Å²) >= 11 is 6.13. The highest BCUT2D eigenvalue weighted by atomic mass is 35.5. The Labute approximate surface area is 125 Å². The van der Waals surface area contributed by atoms with Gasteiger partial charge in [-0.05, 0) is 24.1 Å². The quantitative estimate of drug-likeness (QED) is 0.928. The Bertz CT molecular complexity index is 548. The summed E-state index contributed by atoms with van der Waals surface area (Å²) in [6.45, 7) is 0.661. The van der Waals surface area contributed by atoms with Crippen molar-refractivity contribution in [3.05, 3.63) is 34.3 Å². The Balaban J connectivity index is 2.26. The van der Waals surface area contributed by atoms with Gasteiger partial charge in [0.25, 0.3) is 0 Å². The van der Waals surface area contributed by atoms with Gasteiger partial charge in [-0.25, -0.2) is 0 Å². The van der Waals surface area contributed by atoms with E-state index in [4.69, 9.17) is 11.6 Å². The number of carboxylic acids is 1. The summed E-state index contributed by atoms with van der Waals surface area (Å²) in [5, 5.41) is 9.66. The van der Waals surface area contributed by atoms with Crippen molar-refractivity contribution in [1.82, 2.24) is 4.90 Å². The number of rotatable bonds is 3. The first-order chi connectivity index (χ1) is 9.67. The summed E-state index contributed by atoms with van der Waals surface area (Å²) in [5.74, 6) is -2.51. The predicted octanol–water partition coefficient (Wildman–Crippen LogP) is 3.31. The smallest absolute Gasteiger partial charge is 0.401 e. The van der Waals surface area contributed by atoms with Crippen LogP contribution in [-0.4, -0.2) is 41.8 Å². The molecule has 1 saturated heterocycles. The van der Waals surface area contributed by atoms with E-state index < -0.39 is 30.5 Å². The number of hydrogen-bond acceptors (Lipinski definition) is 2. The van der Waals surface area contributed by atoms with Crippen LogP contribution in [0.1, 0.15) is 17.0 Å². The van der Waals surface area contributed by atoms with Crippen molar-refractivity contribution < 1.29 is 23.1 Å². The molecule has 0 saturated carbocycles. The average Bonchev–Trinajstić information content (AvgIpc) is 2.70. The second kappa shape index (κ2) is 5.85. The summed E-state index contributed by atoms with van der Waals surface area (Å²) < 4.78 is 37.4. The topological polar surface area (TPSA) is 40.5 Å². The van der Waals surface area contributed by atoms with Crippen LogP contribution in [0.15, 0.2) is 18.2 Å². The molecule has 1 aliphatic heterocycles. The predicted molar refractivity (Wildman–Crippen MR) is 72.6 cm³/mol. The van der Waals surface area contributed by atoms with Crippen LogP contribution in [0.2, 0.25) is 5.02 Å². The molecule has 1 aromatic rings. The van der Waals surface area contributed by atoms with Crippen LogP contribution >= 0.6 is 11.6 Å². The fourth-order valence-corrected chi connectivity index (χ4v) is 3.14. The number of carbonyl (C=O) groups is 1. The Kier molecular flexibility index (Phi) is 4.49. The van der Waals surface area contributed by atoms with Gasteiger partial charge in [-0.1, -0.05) is 23.7 Å². The van der Waals surface area contributed by atoms with E-state index in [0.29, 0.717) is 10.6 Å². The third-order valence-corrected chi connectivity index (χ3v) is 4.00. The minimum atomic E-state index is -4.34. The van der Waals surface area contributed by atoms with Gasteiger partial charge >= 0.3 is 12.1 Å². The van der Waals surface area contributed by atoms with Crippen LogP contribution in [0.4, 0.5) is 13.2 Å². The van der Waals surface area contributed by atoms with Crippen molar-refractivity contribution in [2.75, 3.05) is 19.6 Å². The molecule has 0 spiro atoms. The number of likely N-dealkylation sites (tertiary alicyclic amines) is 1. The molecule has 0 amide bonds. The number of benzene rings is 1. The zero-order valence-corrected chi connectivity index (χ0v) is 12.1. The summed E-state index contributed by atoms with van der Waals surface area (Å²) in [6.07, 6.45) is -4.34. The van der Waals surface area contributed by atoms with Crippen molar-refractivity contribution in [1.29, 1.82) is 0 Å². The maximum atomic E-state index is 12.5. The van der Waals surface area contributed by atoms with E-state index in [-0.39, 0.29) is 13.1 Å². The van der Waals surface area contributed by atoms with Crippen molar-refractivity contribution in [2.24, 2.45) is 5.92 Å². The first-order valence-electron chi connectivity index (χ1n) is 6.45. The molecule has 3 nitrogen and oxygen atoms in total. The second-order valence-corrected chi connectivity index (χ2v) is 5.79. The monoisotopic (exact) mass is 321 g/mol. The number of alkyl halides is 3. The third kappa shape index (κ3) is 3.89. The maximum Gasteiger partial charge on any atom is 0.401 e. The molecule has 7 heteroatoms. The summed E-state index contributed by atoms with van der Waals surface area (Å²) in [7, 11) is 0. The number of carboxylic acid groups (broad SMARTS) is 1. The molecule has 1 fully saturated rings. The first-order valence-corrected chi connectivity index (χ1v) is 6.83. The second-order valence-electron chi connectivity index (χ2n) is 5.39. The number of aliphatic carboxylic acids is 1. The van der Waals surface area contributed by atoms with Gasteiger partial charge in [0, 0.05) is 24.0 Å². The lowest BCUT2D eigenvalue weighted by Crippen LogP contribution is -2.33. The Morgan fingerprint density at radius 2 is 2.10 bits per heavy atom. The van der Waals surface area contributed by atoms with Gasteiger partial charge in [-0.15, -0.1) is 0 Å². The molecule has 0 bridgehead atoms. The van der Waals surface area contributed by atoms with E-state index in [2.05, 4.69) is 0 Å². The van der Waals surface area contributed by atoms with Crippen molar-refractivity contribution >= 4 is 17.6 Å². The molecule has 1 heterocycles. The number of hydrogen-bond donors (Lipinski definition) is 1. The van der Waals surface area contributed by atoms with Gasteiger partial charge in [-0.3, -0.25) is 9.69 Å². The van der Waals surface area contributed by atoms with E-state index in [1.165, 1.54) is 0 Å². The Morgan fingerprint density at radius 1 is 1.43 bits per heavy atom. The van der Waals surface area contributed by atoms with E-state index >= 15 is 0 Å². The van der Waals surface area contributed by atoms with Crippen LogP contribution in [-0.2, 0) is 4.79 Å². The molecule has 2 atom stereocenters. The number of aryl methyl sites for hydroxylation is 1. The third-order valence-electron chi connectivity index (χ3n) is 3.67.